The molecule has 2 nitrogen and oxygen atoms in total. The largest absolute Gasteiger partial charge is 0.493 e. The molecule has 0 aromatic heterocycles. The Morgan fingerprint density at radius 2 is 2.10 bits per heavy atom. The molecule has 0 radical (unpaired) electrons. The van der Waals surface area contributed by atoms with Crippen LogP contribution in [0.25, 0.3) is 0 Å². The smallest absolute Gasteiger partial charge is 0.123 e. The number of nitrogens with zero attached hydrogens (tertiary/aromatic N) is 1. The van der Waals surface area contributed by atoms with Crippen LogP contribution in [0.1, 0.15) is 55.2 Å². The van der Waals surface area contributed by atoms with Crippen molar-refractivity contribution in [1.82, 2.24) is 0 Å². The van der Waals surface area contributed by atoms with Crippen LogP contribution < -0.4 is 4.74 Å². The quantitative estimate of drug-likeness (QED) is 0.810. The monoisotopic (exact) mass is 269 g/mol. The average Bonchev–Trinajstić information content (AvgIpc) is 3.19. The van der Waals surface area contributed by atoms with Gasteiger partial charge in [-0.25, -0.2) is 0 Å². The van der Waals surface area contributed by atoms with Gasteiger partial charge in [-0.1, -0.05) is 13.0 Å². The van der Waals surface area contributed by atoms with Gasteiger partial charge in [0.1, 0.15) is 5.75 Å². The predicted octanol–water partition coefficient (Wildman–Crippen LogP) is 3.96. The van der Waals surface area contributed by atoms with Gasteiger partial charge in [0.2, 0.25) is 0 Å². The summed E-state index contributed by atoms with van der Waals surface area (Å²) in [6.07, 6.45) is 8.48. The topological polar surface area (TPSA) is 21.6 Å². The zero-order valence-corrected chi connectivity index (χ0v) is 12.3. The molecule has 106 valence electrons. The van der Waals surface area contributed by atoms with Gasteiger partial charge in [-0.2, -0.15) is 0 Å². The number of aryl methyl sites for hydroxylation is 1. The van der Waals surface area contributed by atoms with E-state index in [1.54, 1.807) is 0 Å². The zero-order valence-electron chi connectivity index (χ0n) is 12.3. The maximum absolute atomic E-state index is 6.08. The van der Waals surface area contributed by atoms with Gasteiger partial charge in [0, 0.05) is 12.8 Å². The molecule has 0 spiro atoms. The Hall–Kier alpha value is -1.31. The third kappa shape index (κ3) is 2.25. The number of benzene rings is 1. The standard InChI is InChI=1S/C18H23NO/c1-2-14-7-17-15-5-13(6-15)9-19-10-16(17)8-18(14)20-11-12-3-4-12/h7-8,10,12-13,15H,2-6,9,11H2,1H3. The summed E-state index contributed by atoms with van der Waals surface area (Å²) < 4.78 is 6.08. The van der Waals surface area contributed by atoms with E-state index in [0.29, 0.717) is 0 Å². The minimum absolute atomic E-state index is 0.768. The molecule has 2 heteroatoms. The summed E-state index contributed by atoms with van der Waals surface area (Å²) in [6, 6.07) is 4.65. The van der Waals surface area contributed by atoms with Gasteiger partial charge >= 0.3 is 0 Å². The molecule has 20 heavy (non-hydrogen) atoms. The second kappa shape index (κ2) is 4.91. The van der Waals surface area contributed by atoms with Gasteiger partial charge in [-0.15, -0.1) is 0 Å². The van der Waals surface area contributed by atoms with Crippen molar-refractivity contribution in [2.45, 2.75) is 44.9 Å². The molecule has 1 aromatic rings. The van der Waals surface area contributed by atoms with Crippen molar-refractivity contribution < 1.29 is 4.74 Å². The highest BCUT2D eigenvalue weighted by Crippen LogP contribution is 2.45. The van der Waals surface area contributed by atoms with Crippen LogP contribution in [0.15, 0.2) is 17.1 Å². The summed E-state index contributed by atoms with van der Waals surface area (Å²) in [4.78, 5) is 4.61. The number of rotatable bonds is 4. The minimum atomic E-state index is 0.768. The first-order valence-corrected chi connectivity index (χ1v) is 8.13. The van der Waals surface area contributed by atoms with Crippen molar-refractivity contribution in [2.75, 3.05) is 13.2 Å². The summed E-state index contributed by atoms with van der Waals surface area (Å²) in [7, 11) is 0. The van der Waals surface area contributed by atoms with Gasteiger partial charge < -0.3 is 4.74 Å². The second-order valence-corrected chi connectivity index (χ2v) is 6.73. The Bertz CT molecular complexity index is 539. The number of ether oxygens (including phenoxy) is 1. The Labute approximate surface area is 121 Å². The van der Waals surface area contributed by atoms with Gasteiger partial charge in [0.15, 0.2) is 0 Å². The molecule has 0 amide bonds. The van der Waals surface area contributed by atoms with Crippen molar-refractivity contribution >= 4 is 6.21 Å². The highest BCUT2D eigenvalue weighted by atomic mass is 16.5. The van der Waals surface area contributed by atoms with Crippen LogP contribution >= 0.6 is 0 Å². The highest BCUT2D eigenvalue weighted by molar-refractivity contribution is 5.83. The number of hydrogen-bond acceptors (Lipinski definition) is 2. The molecule has 0 atom stereocenters. The van der Waals surface area contributed by atoms with E-state index < -0.39 is 0 Å². The minimum Gasteiger partial charge on any atom is -0.493 e. The van der Waals surface area contributed by atoms with E-state index in [0.717, 1.165) is 43.1 Å². The summed E-state index contributed by atoms with van der Waals surface area (Å²) in [5.41, 5.74) is 4.19. The van der Waals surface area contributed by atoms with E-state index in [1.165, 1.54) is 42.4 Å². The number of hydrogen-bond donors (Lipinski definition) is 0. The molecule has 2 saturated carbocycles. The van der Waals surface area contributed by atoms with Crippen molar-refractivity contribution in [3.05, 3.63) is 28.8 Å². The van der Waals surface area contributed by atoms with E-state index in [9.17, 15) is 0 Å². The lowest BCUT2D eigenvalue weighted by atomic mass is 9.69. The summed E-state index contributed by atoms with van der Waals surface area (Å²) in [5, 5.41) is 0. The molecule has 2 aliphatic heterocycles. The second-order valence-electron chi connectivity index (χ2n) is 6.73. The molecule has 2 bridgehead atoms. The zero-order chi connectivity index (χ0) is 13.5. The van der Waals surface area contributed by atoms with Gasteiger partial charge in [0.25, 0.3) is 0 Å². The fraction of sp³-hybridized carbons (Fsp3) is 0.611. The molecular weight excluding hydrogens is 246 g/mol. The van der Waals surface area contributed by atoms with Crippen molar-refractivity contribution in [3.63, 3.8) is 0 Å². The van der Waals surface area contributed by atoms with Crippen LogP contribution in [0.4, 0.5) is 0 Å². The van der Waals surface area contributed by atoms with Gasteiger partial charge in [-0.3, -0.25) is 4.99 Å². The molecule has 1 aromatic carbocycles. The lowest BCUT2D eigenvalue weighted by molar-refractivity contribution is 0.269. The maximum atomic E-state index is 6.08. The maximum Gasteiger partial charge on any atom is 0.123 e. The third-order valence-electron chi connectivity index (χ3n) is 5.09. The lowest BCUT2D eigenvalue weighted by Crippen LogP contribution is -2.27. The fourth-order valence-corrected chi connectivity index (χ4v) is 3.47. The lowest BCUT2D eigenvalue weighted by Gasteiger charge is -2.37. The first kappa shape index (κ1) is 12.4. The summed E-state index contributed by atoms with van der Waals surface area (Å²) in [6.45, 7) is 4.14. The van der Waals surface area contributed by atoms with Crippen molar-refractivity contribution in [2.24, 2.45) is 16.8 Å². The van der Waals surface area contributed by atoms with E-state index in [-0.39, 0.29) is 0 Å². The Morgan fingerprint density at radius 1 is 1.25 bits per heavy atom. The predicted molar refractivity (Wildman–Crippen MR) is 82.0 cm³/mol. The Kier molecular flexibility index (Phi) is 3.05. The highest BCUT2D eigenvalue weighted by Gasteiger charge is 2.33. The summed E-state index contributed by atoms with van der Waals surface area (Å²) >= 11 is 0. The van der Waals surface area contributed by atoms with E-state index in [1.807, 2.05) is 0 Å². The third-order valence-corrected chi connectivity index (χ3v) is 5.09. The number of fused-ring (bicyclic) bond motifs is 1. The van der Waals surface area contributed by atoms with Crippen LogP contribution in [-0.4, -0.2) is 19.4 Å². The van der Waals surface area contributed by atoms with Gasteiger partial charge in [-0.05, 0) is 72.6 Å². The van der Waals surface area contributed by atoms with Crippen LogP contribution in [0.2, 0.25) is 0 Å². The van der Waals surface area contributed by atoms with Crippen LogP contribution in [0.5, 0.6) is 5.75 Å². The fourth-order valence-electron chi connectivity index (χ4n) is 3.47. The first-order valence-electron chi connectivity index (χ1n) is 8.13. The van der Waals surface area contributed by atoms with E-state index >= 15 is 0 Å². The molecule has 4 aliphatic rings. The van der Waals surface area contributed by atoms with Crippen molar-refractivity contribution in [1.29, 1.82) is 0 Å². The van der Waals surface area contributed by atoms with Crippen molar-refractivity contribution in [3.8, 4) is 5.75 Å². The van der Waals surface area contributed by atoms with E-state index in [2.05, 4.69) is 30.3 Å². The number of aliphatic imine (C=N–C) groups is 1. The molecule has 2 heterocycles. The first-order chi connectivity index (χ1) is 9.83. The molecule has 0 unspecified atom stereocenters. The molecule has 2 fully saturated rings. The van der Waals surface area contributed by atoms with Crippen LogP contribution in [0.3, 0.4) is 0 Å². The summed E-state index contributed by atoms with van der Waals surface area (Å²) in [5.74, 6) is 3.51. The van der Waals surface area contributed by atoms with E-state index in [4.69, 9.17) is 4.74 Å². The Balaban J connectivity index is 1.67. The Morgan fingerprint density at radius 3 is 2.85 bits per heavy atom. The van der Waals surface area contributed by atoms with Crippen LogP contribution in [0, 0.1) is 11.8 Å². The SMILES string of the molecule is CCc1cc2c(cc1OCC1CC1)C=NCC1CC2C1. The average molecular weight is 269 g/mol. The molecule has 5 rings (SSSR count). The molecular formula is C18H23NO. The molecule has 0 saturated heterocycles. The molecule has 0 N–H and O–H groups in total. The molecule has 2 aliphatic carbocycles. The normalized spacial score (nSPS) is 27.2. The van der Waals surface area contributed by atoms with Gasteiger partial charge in [0.05, 0.1) is 6.61 Å². The van der Waals surface area contributed by atoms with Crippen LogP contribution in [-0.2, 0) is 6.42 Å².